The monoisotopic (exact) mass is 373 g/mol. The number of carbonyl (C=O) groups is 1. The molecule has 1 amide bonds. The van der Waals surface area contributed by atoms with Crippen LogP contribution in [-0.4, -0.2) is 20.9 Å². The van der Waals surface area contributed by atoms with E-state index < -0.39 is 0 Å². The summed E-state index contributed by atoms with van der Waals surface area (Å²) >= 11 is 7.23. The number of hydrogen-bond acceptors (Lipinski definition) is 6. The number of amides is 1. The van der Waals surface area contributed by atoms with E-state index in [1.165, 1.54) is 11.3 Å². The maximum Gasteiger partial charge on any atom is 0.281 e. The van der Waals surface area contributed by atoms with E-state index in [1.54, 1.807) is 19.1 Å². The highest BCUT2D eigenvalue weighted by Crippen LogP contribution is 2.28. The van der Waals surface area contributed by atoms with Crippen LogP contribution in [0.4, 0.5) is 5.95 Å². The first-order chi connectivity index (χ1) is 11.9. The number of halogens is 1. The number of nitrogens with one attached hydrogen (secondary N) is 2. The molecule has 0 aliphatic heterocycles. The molecule has 2 aromatic heterocycles. The van der Waals surface area contributed by atoms with E-state index >= 15 is 0 Å². The van der Waals surface area contributed by atoms with Crippen LogP contribution in [0.5, 0.6) is 0 Å². The van der Waals surface area contributed by atoms with Gasteiger partial charge in [0.05, 0.1) is 5.69 Å². The molecular formula is C17H16ClN5OS. The van der Waals surface area contributed by atoms with Crippen molar-refractivity contribution in [2.75, 3.05) is 5.43 Å². The Kier molecular flexibility index (Phi) is 4.96. The van der Waals surface area contributed by atoms with Crippen molar-refractivity contribution in [1.29, 1.82) is 0 Å². The average molecular weight is 374 g/mol. The molecule has 8 heteroatoms. The number of rotatable bonds is 4. The van der Waals surface area contributed by atoms with Gasteiger partial charge in [0.2, 0.25) is 5.95 Å². The van der Waals surface area contributed by atoms with Crippen LogP contribution in [0.15, 0.2) is 30.3 Å². The quantitative estimate of drug-likeness (QED) is 0.677. The third kappa shape index (κ3) is 4.12. The van der Waals surface area contributed by atoms with E-state index in [9.17, 15) is 4.79 Å². The van der Waals surface area contributed by atoms with Gasteiger partial charge in [-0.15, -0.1) is 11.3 Å². The zero-order valence-corrected chi connectivity index (χ0v) is 15.5. The van der Waals surface area contributed by atoms with Crippen LogP contribution in [0.2, 0.25) is 5.02 Å². The molecule has 0 aliphatic rings. The second-order valence-electron chi connectivity index (χ2n) is 5.49. The van der Waals surface area contributed by atoms with E-state index in [4.69, 9.17) is 11.6 Å². The lowest BCUT2D eigenvalue weighted by Gasteiger charge is -2.07. The zero-order valence-electron chi connectivity index (χ0n) is 13.9. The predicted molar refractivity (Wildman–Crippen MR) is 99.9 cm³/mol. The Hall–Kier alpha value is -2.51. The molecular weight excluding hydrogens is 358 g/mol. The molecule has 0 radical (unpaired) electrons. The first-order valence-corrected chi connectivity index (χ1v) is 8.74. The fraction of sp³-hybridized carbons (Fsp3) is 0.176. The molecule has 2 heterocycles. The normalized spacial score (nSPS) is 10.6. The van der Waals surface area contributed by atoms with Crippen molar-refractivity contribution < 1.29 is 4.79 Å². The highest BCUT2D eigenvalue weighted by atomic mass is 35.5. The number of hydrazine groups is 1. The summed E-state index contributed by atoms with van der Waals surface area (Å²) in [4.78, 5) is 25.9. The lowest BCUT2D eigenvalue weighted by atomic mass is 10.2. The standard InChI is InChI=1S/C17H16ClN5OS/c1-9-8-10(2)20-17(19-9)23-22-15(24)14-11(3)21-16(25-14)12-4-6-13(18)7-5-12/h4-8H,1-3H3,(H,22,24)(H,19,20,23). The highest BCUT2D eigenvalue weighted by molar-refractivity contribution is 7.17. The topological polar surface area (TPSA) is 79.8 Å². The first kappa shape index (κ1) is 17.3. The number of benzene rings is 1. The molecule has 0 aliphatic carbocycles. The Labute approximate surface area is 154 Å². The lowest BCUT2D eigenvalue weighted by Crippen LogP contribution is -2.30. The number of thiazole rings is 1. The smallest absolute Gasteiger partial charge is 0.266 e. The second-order valence-corrected chi connectivity index (χ2v) is 6.93. The molecule has 2 N–H and O–H groups in total. The van der Waals surface area contributed by atoms with Crippen molar-refractivity contribution in [2.45, 2.75) is 20.8 Å². The van der Waals surface area contributed by atoms with Crippen molar-refractivity contribution >= 4 is 34.8 Å². The third-order valence-electron chi connectivity index (χ3n) is 3.36. The maximum atomic E-state index is 12.4. The number of aryl methyl sites for hydroxylation is 3. The molecule has 6 nitrogen and oxygen atoms in total. The van der Waals surface area contributed by atoms with Gasteiger partial charge >= 0.3 is 0 Å². The van der Waals surface area contributed by atoms with E-state index in [2.05, 4.69) is 25.8 Å². The molecule has 3 rings (SSSR count). The van der Waals surface area contributed by atoms with E-state index in [0.29, 0.717) is 21.5 Å². The van der Waals surface area contributed by atoms with Gasteiger partial charge in [0.25, 0.3) is 5.91 Å². The van der Waals surface area contributed by atoms with Gasteiger partial charge in [-0.25, -0.2) is 15.0 Å². The molecule has 0 fully saturated rings. The minimum Gasteiger partial charge on any atom is -0.266 e. The van der Waals surface area contributed by atoms with E-state index in [0.717, 1.165) is 22.0 Å². The van der Waals surface area contributed by atoms with Crippen molar-refractivity contribution in [3.63, 3.8) is 0 Å². The number of aromatic nitrogens is 3. The van der Waals surface area contributed by atoms with Gasteiger partial charge in [0, 0.05) is 22.0 Å². The van der Waals surface area contributed by atoms with Crippen LogP contribution in [0.25, 0.3) is 10.6 Å². The molecule has 0 bridgehead atoms. The van der Waals surface area contributed by atoms with Gasteiger partial charge in [-0.05, 0) is 39.0 Å². The molecule has 25 heavy (non-hydrogen) atoms. The molecule has 0 atom stereocenters. The van der Waals surface area contributed by atoms with Crippen LogP contribution in [0.3, 0.4) is 0 Å². The minimum absolute atomic E-state index is 0.280. The third-order valence-corrected chi connectivity index (χ3v) is 4.82. The first-order valence-electron chi connectivity index (χ1n) is 7.54. The number of anilines is 1. The largest absolute Gasteiger partial charge is 0.281 e. The molecule has 0 saturated heterocycles. The zero-order chi connectivity index (χ0) is 18.0. The average Bonchev–Trinajstić information content (AvgIpc) is 2.94. The Morgan fingerprint density at radius 2 is 1.68 bits per heavy atom. The van der Waals surface area contributed by atoms with Gasteiger partial charge in [0.15, 0.2) is 0 Å². The molecule has 0 saturated carbocycles. The Morgan fingerprint density at radius 1 is 1.04 bits per heavy atom. The summed E-state index contributed by atoms with van der Waals surface area (Å²) in [6.45, 7) is 5.54. The van der Waals surface area contributed by atoms with Crippen LogP contribution in [0.1, 0.15) is 26.8 Å². The summed E-state index contributed by atoms with van der Waals surface area (Å²) in [6.07, 6.45) is 0. The summed E-state index contributed by atoms with van der Waals surface area (Å²) in [6, 6.07) is 9.21. The predicted octanol–water partition coefficient (Wildman–Crippen LogP) is 3.94. The van der Waals surface area contributed by atoms with Crippen molar-refractivity contribution in [3.8, 4) is 10.6 Å². The number of carbonyl (C=O) groups excluding carboxylic acids is 1. The summed E-state index contributed by atoms with van der Waals surface area (Å²) in [5.74, 6) is 0.0731. The van der Waals surface area contributed by atoms with Crippen LogP contribution in [-0.2, 0) is 0 Å². The SMILES string of the molecule is Cc1cc(C)nc(NNC(=O)c2sc(-c3ccc(Cl)cc3)nc2C)n1. The Morgan fingerprint density at radius 3 is 2.32 bits per heavy atom. The van der Waals surface area contributed by atoms with Gasteiger partial charge in [-0.1, -0.05) is 23.7 Å². The van der Waals surface area contributed by atoms with Gasteiger partial charge in [0.1, 0.15) is 9.88 Å². The molecule has 0 unspecified atom stereocenters. The highest BCUT2D eigenvalue weighted by Gasteiger charge is 2.16. The van der Waals surface area contributed by atoms with Crippen molar-refractivity contribution in [3.05, 3.63) is 57.3 Å². The number of hydrogen-bond donors (Lipinski definition) is 2. The molecule has 1 aromatic carbocycles. The van der Waals surface area contributed by atoms with Gasteiger partial charge in [-0.2, -0.15) is 0 Å². The van der Waals surface area contributed by atoms with Gasteiger partial charge in [-0.3, -0.25) is 15.6 Å². The van der Waals surface area contributed by atoms with Crippen LogP contribution in [0, 0.1) is 20.8 Å². The van der Waals surface area contributed by atoms with Crippen molar-refractivity contribution in [2.24, 2.45) is 0 Å². The minimum atomic E-state index is -0.280. The van der Waals surface area contributed by atoms with E-state index in [1.807, 2.05) is 32.0 Å². The summed E-state index contributed by atoms with van der Waals surface area (Å²) < 4.78 is 0. The second kappa shape index (κ2) is 7.16. The summed E-state index contributed by atoms with van der Waals surface area (Å²) in [5, 5.41) is 1.43. The maximum absolute atomic E-state index is 12.4. The van der Waals surface area contributed by atoms with Crippen LogP contribution < -0.4 is 10.9 Å². The number of nitrogens with zero attached hydrogens (tertiary/aromatic N) is 3. The Bertz CT molecular complexity index is 903. The fourth-order valence-electron chi connectivity index (χ4n) is 2.27. The molecule has 3 aromatic rings. The molecule has 0 spiro atoms. The van der Waals surface area contributed by atoms with E-state index in [-0.39, 0.29) is 5.91 Å². The Balaban J connectivity index is 1.75. The molecule has 128 valence electrons. The lowest BCUT2D eigenvalue weighted by molar-refractivity contribution is 0.0965. The van der Waals surface area contributed by atoms with Crippen LogP contribution >= 0.6 is 22.9 Å². The summed E-state index contributed by atoms with van der Waals surface area (Å²) in [7, 11) is 0. The fourth-order valence-corrected chi connectivity index (χ4v) is 3.37. The summed E-state index contributed by atoms with van der Waals surface area (Å²) in [5.41, 5.74) is 8.59. The van der Waals surface area contributed by atoms with Crippen molar-refractivity contribution in [1.82, 2.24) is 20.4 Å². The van der Waals surface area contributed by atoms with Gasteiger partial charge < -0.3 is 0 Å².